The van der Waals surface area contributed by atoms with Gasteiger partial charge >= 0.3 is 0 Å². The Labute approximate surface area is 162 Å². The summed E-state index contributed by atoms with van der Waals surface area (Å²) < 4.78 is 8.14. The number of fused-ring (bicyclic) bond motifs is 4. The second-order valence-electron chi connectivity index (χ2n) is 6.18. The van der Waals surface area contributed by atoms with Crippen LogP contribution in [0.15, 0.2) is 65.8 Å². The SMILES string of the molecule is O=C(COc1cccc2cccnc12)Nn1ccc2c(nnc3ccnn32)c1=O. The predicted octanol–water partition coefficient (Wildman–Crippen LogP) is 1.14. The van der Waals surface area contributed by atoms with Gasteiger partial charge < -0.3 is 4.74 Å². The molecule has 4 heterocycles. The van der Waals surface area contributed by atoms with Gasteiger partial charge in [0.2, 0.25) is 0 Å². The van der Waals surface area contributed by atoms with Crippen LogP contribution in [-0.4, -0.2) is 42.0 Å². The molecule has 1 N–H and O–H groups in total. The molecule has 10 nitrogen and oxygen atoms in total. The molecule has 0 radical (unpaired) electrons. The Balaban J connectivity index is 1.38. The monoisotopic (exact) mass is 387 g/mol. The number of aromatic nitrogens is 6. The molecule has 1 aromatic carbocycles. The molecule has 5 aromatic rings. The van der Waals surface area contributed by atoms with E-state index in [9.17, 15) is 9.59 Å². The Bertz CT molecular complexity index is 1440. The second-order valence-corrected chi connectivity index (χ2v) is 6.18. The third-order valence-corrected chi connectivity index (χ3v) is 4.35. The highest BCUT2D eigenvalue weighted by Gasteiger charge is 2.12. The molecule has 29 heavy (non-hydrogen) atoms. The van der Waals surface area contributed by atoms with Crippen LogP contribution in [0.4, 0.5) is 0 Å². The Hall–Kier alpha value is -4.34. The van der Waals surface area contributed by atoms with Gasteiger partial charge in [-0.15, -0.1) is 10.2 Å². The fourth-order valence-corrected chi connectivity index (χ4v) is 3.03. The first kappa shape index (κ1) is 16.8. The van der Waals surface area contributed by atoms with E-state index in [-0.39, 0.29) is 12.1 Å². The highest BCUT2D eigenvalue weighted by Crippen LogP contribution is 2.22. The molecule has 0 fully saturated rings. The molecule has 0 aliphatic carbocycles. The Morgan fingerprint density at radius 1 is 1.03 bits per heavy atom. The van der Waals surface area contributed by atoms with Crippen molar-refractivity contribution in [1.82, 2.24) is 29.5 Å². The number of rotatable bonds is 4. The van der Waals surface area contributed by atoms with E-state index in [2.05, 4.69) is 25.7 Å². The van der Waals surface area contributed by atoms with Crippen molar-refractivity contribution in [3.05, 3.63) is 71.4 Å². The molecule has 10 heteroatoms. The minimum atomic E-state index is -0.521. The zero-order valence-electron chi connectivity index (χ0n) is 14.9. The molecule has 0 aliphatic rings. The smallest absolute Gasteiger partial charge is 0.299 e. The van der Waals surface area contributed by atoms with Gasteiger partial charge in [0.15, 0.2) is 17.8 Å². The van der Waals surface area contributed by atoms with E-state index >= 15 is 0 Å². The first-order valence-corrected chi connectivity index (χ1v) is 8.69. The van der Waals surface area contributed by atoms with E-state index in [4.69, 9.17) is 4.74 Å². The number of benzene rings is 1. The highest BCUT2D eigenvalue weighted by molar-refractivity contribution is 5.87. The van der Waals surface area contributed by atoms with Crippen LogP contribution in [0.5, 0.6) is 5.75 Å². The average Bonchev–Trinajstić information content (AvgIpc) is 3.23. The van der Waals surface area contributed by atoms with E-state index in [1.165, 1.54) is 10.7 Å². The standard InChI is InChI=1S/C19H13N7O3/c27-16(11-29-14-5-1-3-12-4-2-8-20-17(12)14)24-25-10-7-13-18(19(25)28)23-22-15-6-9-21-26(13)15/h1-10H,11H2,(H,24,27). The molecule has 0 unspecified atom stereocenters. The van der Waals surface area contributed by atoms with Crippen LogP contribution in [-0.2, 0) is 4.79 Å². The summed E-state index contributed by atoms with van der Waals surface area (Å²) in [5.41, 5.74) is 3.73. The maximum absolute atomic E-state index is 12.6. The number of nitrogens with zero attached hydrogens (tertiary/aromatic N) is 6. The molecule has 1 amide bonds. The molecule has 0 saturated carbocycles. The van der Waals surface area contributed by atoms with Gasteiger partial charge in [-0.1, -0.05) is 18.2 Å². The lowest BCUT2D eigenvalue weighted by molar-refractivity contribution is -0.119. The van der Waals surface area contributed by atoms with E-state index in [0.29, 0.717) is 22.4 Å². The van der Waals surface area contributed by atoms with Crippen LogP contribution in [0.25, 0.3) is 27.6 Å². The van der Waals surface area contributed by atoms with Gasteiger partial charge in [-0.2, -0.15) is 5.10 Å². The molecule has 0 aliphatic heterocycles. The van der Waals surface area contributed by atoms with E-state index in [1.807, 2.05) is 24.3 Å². The van der Waals surface area contributed by atoms with Crippen LogP contribution in [0.1, 0.15) is 0 Å². The molecular weight excluding hydrogens is 374 g/mol. The fourth-order valence-electron chi connectivity index (χ4n) is 3.03. The van der Waals surface area contributed by atoms with Gasteiger partial charge in [0.1, 0.15) is 16.8 Å². The molecule has 4 aromatic heterocycles. The lowest BCUT2D eigenvalue weighted by Gasteiger charge is -2.11. The van der Waals surface area contributed by atoms with Crippen molar-refractivity contribution in [2.24, 2.45) is 0 Å². The van der Waals surface area contributed by atoms with Gasteiger partial charge in [0.25, 0.3) is 11.5 Å². The number of carbonyl (C=O) groups excluding carboxylic acids is 1. The molecule has 5 rings (SSSR count). The normalized spacial score (nSPS) is 11.2. The number of para-hydroxylation sites is 1. The lowest BCUT2D eigenvalue weighted by Crippen LogP contribution is -2.35. The summed E-state index contributed by atoms with van der Waals surface area (Å²) >= 11 is 0. The zero-order valence-corrected chi connectivity index (χ0v) is 14.9. The number of nitrogens with one attached hydrogen (secondary N) is 1. The van der Waals surface area contributed by atoms with E-state index in [1.54, 1.807) is 30.6 Å². The Kier molecular flexibility index (Phi) is 3.87. The number of hydrogen-bond donors (Lipinski definition) is 1. The van der Waals surface area contributed by atoms with Crippen molar-refractivity contribution < 1.29 is 9.53 Å². The molecule has 0 spiro atoms. The largest absolute Gasteiger partial charge is 0.481 e. The number of ether oxygens (including phenoxy) is 1. The fraction of sp³-hybridized carbons (Fsp3) is 0.0526. The molecular formula is C19H13N7O3. The first-order valence-electron chi connectivity index (χ1n) is 8.69. The average molecular weight is 387 g/mol. The molecule has 0 saturated heterocycles. The van der Waals surface area contributed by atoms with Crippen molar-refractivity contribution in [3.8, 4) is 5.75 Å². The zero-order chi connectivity index (χ0) is 19.8. The molecule has 142 valence electrons. The number of amides is 1. The summed E-state index contributed by atoms with van der Waals surface area (Å²) in [6.07, 6.45) is 4.66. The van der Waals surface area contributed by atoms with Gasteiger partial charge in [0, 0.05) is 23.8 Å². The summed E-state index contributed by atoms with van der Waals surface area (Å²) in [5, 5.41) is 12.9. The number of pyridine rings is 2. The summed E-state index contributed by atoms with van der Waals surface area (Å²) in [6, 6.07) is 12.5. The van der Waals surface area contributed by atoms with Crippen LogP contribution in [0.2, 0.25) is 0 Å². The Morgan fingerprint density at radius 3 is 2.86 bits per heavy atom. The Morgan fingerprint density at radius 2 is 1.93 bits per heavy atom. The van der Waals surface area contributed by atoms with Crippen LogP contribution >= 0.6 is 0 Å². The van der Waals surface area contributed by atoms with Gasteiger partial charge in [-0.05, 0) is 18.2 Å². The van der Waals surface area contributed by atoms with Crippen LogP contribution in [0.3, 0.4) is 0 Å². The quantitative estimate of drug-likeness (QED) is 0.491. The highest BCUT2D eigenvalue weighted by atomic mass is 16.5. The van der Waals surface area contributed by atoms with Crippen molar-refractivity contribution in [2.75, 3.05) is 12.0 Å². The summed E-state index contributed by atoms with van der Waals surface area (Å²) in [4.78, 5) is 29.2. The summed E-state index contributed by atoms with van der Waals surface area (Å²) in [6.45, 7) is -0.288. The molecule has 0 atom stereocenters. The minimum Gasteiger partial charge on any atom is -0.481 e. The van der Waals surface area contributed by atoms with Gasteiger partial charge in [-0.3, -0.25) is 20.0 Å². The number of carbonyl (C=O) groups is 1. The predicted molar refractivity (Wildman–Crippen MR) is 104 cm³/mol. The lowest BCUT2D eigenvalue weighted by atomic mass is 10.2. The summed E-state index contributed by atoms with van der Waals surface area (Å²) in [5.74, 6) is -0.0245. The topological polar surface area (TPSA) is 116 Å². The second kappa shape index (κ2) is 6.68. The van der Waals surface area contributed by atoms with Crippen molar-refractivity contribution in [1.29, 1.82) is 0 Å². The van der Waals surface area contributed by atoms with E-state index in [0.717, 1.165) is 10.1 Å². The first-order chi connectivity index (χ1) is 14.2. The third-order valence-electron chi connectivity index (χ3n) is 4.35. The molecule has 0 bridgehead atoms. The number of hydrogen-bond acceptors (Lipinski definition) is 7. The van der Waals surface area contributed by atoms with Crippen molar-refractivity contribution in [3.63, 3.8) is 0 Å². The van der Waals surface area contributed by atoms with Crippen molar-refractivity contribution >= 4 is 33.5 Å². The maximum Gasteiger partial charge on any atom is 0.299 e. The minimum absolute atomic E-state index is 0.0863. The van der Waals surface area contributed by atoms with Crippen LogP contribution < -0.4 is 15.7 Å². The van der Waals surface area contributed by atoms with Gasteiger partial charge in [0.05, 0.1) is 6.20 Å². The summed E-state index contributed by atoms with van der Waals surface area (Å²) in [7, 11) is 0. The van der Waals surface area contributed by atoms with Crippen molar-refractivity contribution in [2.45, 2.75) is 0 Å². The third kappa shape index (κ3) is 2.92. The van der Waals surface area contributed by atoms with Crippen LogP contribution in [0, 0.1) is 0 Å². The van der Waals surface area contributed by atoms with Gasteiger partial charge in [-0.25, -0.2) is 9.19 Å². The van der Waals surface area contributed by atoms with E-state index < -0.39 is 11.5 Å². The maximum atomic E-state index is 12.6.